The summed E-state index contributed by atoms with van der Waals surface area (Å²) in [5, 5.41) is 38.9. The van der Waals surface area contributed by atoms with E-state index in [1.165, 1.54) is 0 Å². The van der Waals surface area contributed by atoms with Crippen molar-refractivity contribution >= 4 is 46.6 Å². The third kappa shape index (κ3) is 6.85. The van der Waals surface area contributed by atoms with Crippen molar-refractivity contribution in [1.29, 1.82) is 0 Å². The van der Waals surface area contributed by atoms with Crippen LogP contribution in [0.25, 0.3) is 0 Å². The zero-order valence-corrected chi connectivity index (χ0v) is 13.6. The Hall–Kier alpha value is -3.18. The van der Waals surface area contributed by atoms with E-state index < -0.39 is 23.5 Å². The van der Waals surface area contributed by atoms with E-state index in [0.29, 0.717) is 11.7 Å². The molecule has 25 heavy (non-hydrogen) atoms. The molecule has 11 heteroatoms. The fourth-order valence-corrected chi connectivity index (χ4v) is 1.38. The summed E-state index contributed by atoms with van der Waals surface area (Å²) in [6.07, 6.45) is 1.75. The van der Waals surface area contributed by atoms with Crippen molar-refractivity contribution in [3.63, 3.8) is 0 Å². The van der Waals surface area contributed by atoms with E-state index in [4.69, 9.17) is 38.4 Å². The lowest BCUT2D eigenvalue weighted by Gasteiger charge is -2.11. The zero-order chi connectivity index (χ0) is 19.6. The van der Waals surface area contributed by atoms with Crippen molar-refractivity contribution in [2.75, 3.05) is 17.6 Å². The number of benzene rings is 1. The molecular formula is C14H17N3O7S. The largest absolute Gasteiger partial charge is 0.478 e. The summed E-state index contributed by atoms with van der Waals surface area (Å²) in [5.41, 5.74) is 3.45. The summed E-state index contributed by atoms with van der Waals surface area (Å²) in [6, 6.07) is 7.38. The minimum Gasteiger partial charge on any atom is -0.478 e. The van der Waals surface area contributed by atoms with Crippen LogP contribution in [0.4, 0.5) is 11.4 Å². The number of nitrogens with one attached hydrogen (secondary N) is 2. The number of aliphatic carboxylic acids is 3. The van der Waals surface area contributed by atoms with Gasteiger partial charge < -0.3 is 36.8 Å². The molecule has 136 valence electrons. The van der Waals surface area contributed by atoms with Gasteiger partial charge in [0.1, 0.15) is 0 Å². The molecule has 0 atom stereocenters. The smallest absolute Gasteiger partial charge is 0.359 e. The molecule has 0 heterocycles. The van der Waals surface area contributed by atoms with Gasteiger partial charge in [-0.3, -0.25) is 0 Å². The van der Waals surface area contributed by atoms with Crippen molar-refractivity contribution in [2.24, 2.45) is 0 Å². The number of rotatable bonds is 6. The van der Waals surface area contributed by atoms with E-state index in [-0.39, 0.29) is 0 Å². The van der Waals surface area contributed by atoms with Gasteiger partial charge in [0, 0.05) is 17.9 Å². The van der Waals surface area contributed by atoms with Crippen LogP contribution in [0.2, 0.25) is 0 Å². The average Bonchev–Trinajstić information content (AvgIpc) is 2.54. The maximum Gasteiger partial charge on any atom is 0.359 e. The summed E-state index contributed by atoms with van der Waals surface area (Å²) in [7, 11) is 0. The summed E-state index contributed by atoms with van der Waals surface area (Å²) in [6.45, 7) is 4.24. The molecule has 0 aliphatic rings. The third-order valence-electron chi connectivity index (χ3n) is 2.50. The van der Waals surface area contributed by atoms with Crippen molar-refractivity contribution in [1.82, 2.24) is 5.32 Å². The first kappa shape index (κ1) is 21.8. The number of thiocarbonyl (C=S) groups is 1. The number of hydrogen-bond donors (Lipinski definition) is 7. The van der Waals surface area contributed by atoms with Gasteiger partial charge in [-0.25, -0.2) is 14.4 Å². The molecule has 0 bridgehead atoms. The maximum absolute atomic E-state index is 9.89. The van der Waals surface area contributed by atoms with Crippen LogP contribution in [0.15, 0.2) is 36.9 Å². The van der Waals surface area contributed by atoms with E-state index in [0.717, 1.165) is 11.4 Å². The Bertz CT molecular complexity index is 625. The first-order valence-corrected chi connectivity index (χ1v) is 6.90. The lowest BCUT2D eigenvalue weighted by molar-refractivity contribution is -0.186. The molecule has 1 rings (SSSR count). The van der Waals surface area contributed by atoms with Gasteiger partial charge in [0.25, 0.3) is 0 Å². The molecule has 0 aromatic heterocycles. The fourth-order valence-electron chi connectivity index (χ4n) is 1.18. The molecule has 0 unspecified atom stereocenters. The van der Waals surface area contributed by atoms with Gasteiger partial charge in [-0.2, -0.15) is 0 Å². The van der Waals surface area contributed by atoms with Crippen molar-refractivity contribution in [2.45, 2.75) is 5.60 Å². The number of nitrogen functional groups attached to an aromatic ring is 1. The number of nitrogens with two attached hydrogens (primary N) is 1. The number of carboxylic acids is 3. The molecule has 0 amide bonds. The van der Waals surface area contributed by atoms with E-state index >= 15 is 0 Å². The van der Waals surface area contributed by atoms with Gasteiger partial charge in [-0.15, -0.1) is 6.58 Å². The van der Waals surface area contributed by atoms with Crippen LogP contribution >= 0.6 is 12.2 Å². The first-order chi connectivity index (χ1) is 11.5. The summed E-state index contributed by atoms with van der Waals surface area (Å²) >= 11 is 5.03. The summed E-state index contributed by atoms with van der Waals surface area (Å²) in [5.74, 6) is -7.01. The van der Waals surface area contributed by atoms with Crippen LogP contribution in [0.3, 0.4) is 0 Å². The van der Waals surface area contributed by atoms with Crippen LogP contribution in [0.5, 0.6) is 0 Å². The molecule has 0 aliphatic heterocycles. The molecule has 1 aromatic rings. The summed E-state index contributed by atoms with van der Waals surface area (Å²) < 4.78 is 0. The van der Waals surface area contributed by atoms with Crippen LogP contribution in [-0.4, -0.2) is 55.6 Å². The fraction of sp³-hybridized carbons (Fsp3) is 0.143. The number of anilines is 2. The molecule has 1 aromatic carbocycles. The SMILES string of the molecule is C=CCNC(=S)Nc1ccc(N)cc1.O=C(O)C(O)(C(=O)O)C(=O)O. The quantitative estimate of drug-likeness (QED) is 0.151. The van der Waals surface area contributed by atoms with E-state index in [1.807, 2.05) is 24.3 Å². The predicted molar refractivity (Wildman–Crippen MR) is 93.1 cm³/mol. The Morgan fingerprint density at radius 2 is 1.56 bits per heavy atom. The first-order valence-electron chi connectivity index (χ1n) is 6.49. The Labute approximate surface area is 147 Å². The second-order valence-corrected chi connectivity index (χ2v) is 4.78. The zero-order valence-electron chi connectivity index (χ0n) is 12.8. The van der Waals surface area contributed by atoms with Gasteiger partial charge in [-0.05, 0) is 36.5 Å². The number of aliphatic hydroxyl groups is 1. The molecule has 0 aliphatic carbocycles. The van der Waals surface area contributed by atoms with Crippen molar-refractivity contribution < 1.29 is 34.8 Å². The topological polar surface area (TPSA) is 182 Å². The molecule has 0 fully saturated rings. The van der Waals surface area contributed by atoms with Crippen LogP contribution in [0, 0.1) is 0 Å². The van der Waals surface area contributed by atoms with Gasteiger partial charge >= 0.3 is 23.5 Å². The minimum absolute atomic E-state index is 0.578. The highest BCUT2D eigenvalue weighted by atomic mass is 32.1. The normalized spacial score (nSPS) is 9.80. The lowest BCUT2D eigenvalue weighted by atomic mass is 10.1. The number of carbonyl (C=O) groups is 3. The van der Waals surface area contributed by atoms with Gasteiger partial charge in [0.05, 0.1) is 0 Å². The van der Waals surface area contributed by atoms with Gasteiger partial charge in [0.2, 0.25) is 0 Å². The van der Waals surface area contributed by atoms with E-state index in [1.54, 1.807) is 6.08 Å². The van der Waals surface area contributed by atoms with Gasteiger partial charge in [0.15, 0.2) is 5.11 Å². The minimum atomic E-state index is -3.75. The second-order valence-electron chi connectivity index (χ2n) is 4.37. The third-order valence-corrected chi connectivity index (χ3v) is 2.75. The summed E-state index contributed by atoms with van der Waals surface area (Å²) in [4.78, 5) is 29.7. The molecular weight excluding hydrogens is 354 g/mol. The second kappa shape index (κ2) is 9.85. The maximum atomic E-state index is 9.89. The molecule has 0 spiro atoms. The highest BCUT2D eigenvalue weighted by molar-refractivity contribution is 7.80. The molecule has 10 nitrogen and oxygen atoms in total. The Morgan fingerprint density at radius 1 is 1.12 bits per heavy atom. The standard InChI is InChI=1S/C10H13N3S.C4H4O7/c1-2-7-12-10(14)13-9-5-3-8(11)4-6-9;5-1(6)4(11,2(7)8)3(9)10/h2-6H,1,7,11H2,(H2,12,13,14);11H,(H,5,6)(H,7,8)(H,9,10). The number of hydrogen-bond acceptors (Lipinski definition) is 6. The predicted octanol–water partition coefficient (Wildman–Crippen LogP) is -0.287. The van der Waals surface area contributed by atoms with Crippen LogP contribution in [-0.2, 0) is 14.4 Å². The lowest BCUT2D eigenvalue weighted by Crippen LogP contribution is -2.53. The highest BCUT2D eigenvalue weighted by Gasteiger charge is 2.53. The Morgan fingerprint density at radius 3 is 1.88 bits per heavy atom. The Kier molecular flexibility index (Phi) is 8.59. The number of carboxylic acid groups (broad SMARTS) is 3. The molecule has 0 radical (unpaired) electrons. The Balaban J connectivity index is 0.000000477. The van der Waals surface area contributed by atoms with Crippen LogP contribution in [0.1, 0.15) is 0 Å². The van der Waals surface area contributed by atoms with Crippen LogP contribution < -0.4 is 16.4 Å². The van der Waals surface area contributed by atoms with Crippen molar-refractivity contribution in [3.8, 4) is 0 Å². The molecule has 8 N–H and O–H groups in total. The van der Waals surface area contributed by atoms with E-state index in [9.17, 15) is 14.4 Å². The van der Waals surface area contributed by atoms with Gasteiger partial charge in [-0.1, -0.05) is 6.08 Å². The average molecular weight is 371 g/mol. The highest BCUT2D eigenvalue weighted by Crippen LogP contribution is 2.09. The molecule has 0 saturated heterocycles. The molecule has 0 saturated carbocycles. The van der Waals surface area contributed by atoms with E-state index in [2.05, 4.69) is 17.2 Å². The van der Waals surface area contributed by atoms with Crippen molar-refractivity contribution in [3.05, 3.63) is 36.9 Å². The monoisotopic (exact) mass is 371 g/mol.